The molecule has 3 heterocycles. The Hall–Kier alpha value is -5.84. The summed E-state index contributed by atoms with van der Waals surface area (Å²) < 4.78 is 15.7. The molecule has 0 bridgehead atoms. The summed E-state index contributed by atoms with van der Waals surface area (Å²) in [5.41, 5.74) is 8.98. The summed E-state index contributed by atoms with van der Waals surface area (Å²) in [6.07, 6.45) is 0. The fourth-order valence-corrected chi connectivity index (χ4v) is 8.16. The zero-order valence-electron chi connectivity index (χ0n) is 24.6. The number of hydrogen-bond acceptors (Lipinski definition) is 4. The highest BCUT2D eigenvalue weighted by Gasteiger charge is 2.24. The van der Waals surface area contributed by atoms with E-state index >= 15 is 0 Å². The summed E-state index contributed by atoms with van der Waals surface area (Å²) in [5, 5.41) is 6.72. The van der Waals surface area contributed by atoms with Gasteiger partial charge in [-0.3, -0.25) is 0 Å². The van der Waals surface area contributed by atoms with Gasteiger partial charge in [0.15, 0.2) is 0 Å². The summed E-state index contributed by atoms with van der Waals surface area (Å²) >= 11 is 1.84. The average molecular weight is 608 g/mol. The number of thiophene rings is 1. The van der Waals surface area contributed by atoms with E-state index in [-0.39, 0.29) is 0 Å². The number of furan rings is 2. The predicted molar refractivity (Wildman–Crippen MR) is 194 cm³/mol. The van der Waals surface area contributed by atoms with Crippen LogP contribution in [0, 0.1) is 0 Å². The minimum atomic E-state index is 0.813. The molecule has 10 rings (SSSR count). The third-order valence-electron chi connectivity index (χ3n) is 9.08. The summed E-state index contributed by atoms with van der Waals surface area (Å²) in [6, 6.07) is 53.6. The second kappa shape index (κ2) is 9.83. The van der Waals surface area contributed by atoms with Crippen LogP contribution >= 0.6 is 11.3 Å². The first-order chi connectivity index (χ1) is 22.8. The van der Waals surface area contributed by atoms with Crippen LogP contribution in [0.4, 0.5) is 17.1 Å². The van der Waals surface area contributed by atoms with E-state index in [1.807, 2.05) is 23.5 Å². The molecule has 0 aliphatic rings. The van der Waals surface area contributed by atoms with Crippen molar-refractivity contribution in [2.45, 2.75) is 0 Å². The Labute approximate surface area is 268 Å². The van der Waals surface area contributed by atoms with Gasteiger partial charge in [0.2, 0.25) is 0 Å². The summed E-state index contributed by atoms with van der Waals surface area (Å²) in [5.74, 6) is 0. The van der Waals surface area contributed by atoms with E-state index in [2.05, 4.69) is 144 Å². The maximum Gasteiger partial charge on any atom is 0.147 e. The van der Waals surface area contributed by atoms with Gasteiger partial charge in [-0.05, 0) is 71.8 Å². The maximum absolute atomic E-state index is 6.58. The number of anilines is 3. The molecule has 0 aliphatic heterocycles. The van der Waals surface area contributed by atoms with Gasteiger partial charge >= 0.3 is 0 Å². The van der Waals surface area contributed by atoms with Gasteiger partial charge in [-0.15, -0.1) is 11.3 Å². The second-order valence-corrected chi connectivity index (χ2v) is 12.7. The largest absolute Gasteiger partial charge is 0.456 e. The summed E-state index contributed by atoms with van der Waals surface area (Å²) in [4.78, 5) is 2.40. The van der Waals surface area contributed by atoms with Crippen molar-refractivity contribution in [1.82, 2.24) is 0 Å². The molecular weight excluding hydrogens is 583 g/mol. The fraction of sp³-hybridized carbons (Fsp3) is 0. The fourth-order valence-electron chi connectivity index (χ4n) is 7.04. The molecule has 0 atom stereocenters. The van der Waals surface area contributed by atoms with Crippen LogP contribution in [0.3, 0.4) is 0 Å². The molecule has 216 valence electrons. The predicted octanol–water partition coefficient (Wildman–Crippen LogP) is 13.0. The highest BCUT2D eigenvalue weighted by atomic mass is 32.1. The molecule has 0 amide bonds. The van der Waals surface area contributed by atoms with Crippen LogP contribution in [-0.4, -0.2) is 0 Å². The molecule has 0 unspecified atom stereocenters. The number of rotatable bonds is 4. The molecule has 10 aromatic rings. The van der Waals surface area contributed by atoms with E-state index in [0.717, 1.165) is 60.9 Å². The smallest absolute Gasteiger partial charge is 0.147 e. The third-order valence-corrected chi connectivity index (χ3v) is 10.2. The molecule has 0 spiro atoms. The zero-order valence-corrected chi connectivity index (χ0v) is 25.4. The van der Waals surface area contributed by atoms with Crippen molar-refractivity contribution in [3.8, 4) is 11.1 Å². The van der Waals surface area contributed by atoms with Crippen LogP contribution in [0.15, 0.2) is 160 Å². The van der Waals surface area contributed by atoms with Crippen LogP contribution in [0.25, 0.3) is 75.2 Å². The third kappa shape index (κ3) is 3.71. The Kier molecular flexibility index (Phi) is 5.45. The summed E-state index contributed by atoms with van der Waals surface area (Å²) in [6.45, 7) is 0. The number of nitrogens with zero attached hydrogens (tertiary/aromatic N) is 1. The van der Waals surface area contributed by atoms with Crippen molar-refractivity contribution in [1.29, 1.82) is 0 Å². The van der Waals surface area contributed by atoms with Gasteiger partial charge in [0.25, 0.3) is 0 Å². The molecule has 46 heavy (non-hydrogen) atoms. The van der Waals surface area contributed by atoms with Gasteiger partial charge in [0.1, 0.15) is 22.3 Å². The van der Waals surface area contributed by atoms with Crippen LogP contribution in [-0.2, 0) is 0 Å². The Bertz CT molecular complexity index is 2750. The molecule has 4 heteroatoms. The van der Waals surface area contributed by atoms with Gasteiger partial charge in [0, 0.05) is 36.6 Å². The van der Waals surface area contributed by atoms with Gasteiger partial charge in [-0.2, -0.15) is 0 Å². The Balaban J connectivity index is 1.31. The Morgan fingerprint density at radius 2 is 1.04 bits per heavy atom. The molecule has 0 N–H and O–H groups in total. The van der Waals surface area contributed by atoms with Crippen molar-refractivity contribution in [2.75, 3.05) is 4.90 Å². The molecule has 0 saturated carbocycles. The highest BCUT2D eigenvalue weighted by Crippen LogP contribution is 2.49. The van der Waals surface area contributed by atoms with E-state index in [0.29, 0.717) is 0 Å². The van der Waals surface area contributed by atoms with Gasteiger partial charge in [0.05, 0.1) is 22.1 Å². The molecule has 0 fully saturated rings. The Morgan fingerprint density at radius 1 is 0.391 bits per heavy atom. The zero-order chi connectivity index (χ0) is 30.2. The van der Waals surface area contributed by atoms with Crippen LogP contribution in [0.5, 0.6) is 0 Å². The van der Waals surface area contributed by atoms with E-state index in [1.165, 1.54) is 31.3 Å². The quantitative estimate of drug-likeness (QED) is 0.199. The van der Waals surface area contributed by atoms with Gasteiger partial charge in [-0.1, -0.05) is 91.0 Å². The Morgan fingerprint density at radius 3 is 1.91 bits per heavy atom. The first-order valence-electron chi connectivity index (χ1n) is 15.4. The van der Waals surface area contributed by atoms with Crippen molar-refractivity contribution in [2.24, 2.45) is 0 Å². The SMILES string of the molecule is c1ccc(-c2ccc(N(c3cccc4sc5ccccc5c34)c3cccc4oc5ccc6c7ccccc7oc6c5c34)cc2)cc1. The topological polar surface area (TPSA) is 29.5 Å². The molecule has 0 saturated heterocycles. The van der Waals surface area contributed by atoms with Gasteiger partial charge < -0.3 is 13.7 Å². The maximum atomic E-state index is 6.58. The van der Waals surface area contributed by atoms with E-state index in [9.17, 15) is 0 Å². The lowest BCUT2D eigenvalue weighted by Crippen LogP contribution is -2.10. The molecule has 0 radical (unpaired) electrons. The standard InChI is InChI=1S/C42H25NO2S/c1-2-10-26(11-3-1)27-20-22-28(23-21-27)43(32-15-9-19-38-39(32)31-13-5-7-18-37(31)46-38)33-14-8-17-35-40(33)41-36(44-35)25-24-30-29-12-4-6-16-34(29)45-42(30)41/h1-25H. The monoisotopic (exact) mass is 607 g/mol. The molecule has 7 aromatic carbocycles. The number of hydrogen-bond donors (Lipinski definition) is 0. The summed E-state index contributed by atoms with van der Waals surface area (Å²) in [7, 11) is 0. The number of para-hydroxylation sites is 1. The number of fused-ring (bicyclic) bond motifs is 10. The van der Waals surface area contributed by atoms with Crippen molar-refractivity contribution in [3.63, 3.8) is 0 Å². The van der Waals surface area contributed by atoms with Gasteiger partial charge in [-0.25, -0.2) is 0 Å². The van der Waals surface area contributed by atoms with Crippen LogP contribution in [0.2, 0.25) is 0 Å². The minimum absolute atomic E-state index is 0.813. The molecule has 3 aromatic heterocycles. The van der Waals surface area contributed by atoms with E-state index in [4.69, 9.17) is 8.83 Å². The number of benzene rings is 7. The highest BCUT2D eigenvalue weighted by molar-refractivity contribution is 7.26. The first kappa shape index (κ1) is 25.5. The lowest BCUT2D eigenvalue weighted by atomic mass is 10.0. The lowest BCUT2D eigenvalue weighted by Gasteiger charge is -2.27. The molecular formula is C42H25NO2S. The molecule has 0 aliphatic carbocycles. The second-order valence-electron chi connectivity index (χ2n) is 11.7. The van der Waals surface area contributed by atoms with Crippen molar-refractivity contribution >= 4 is 92.4 Å². The first-order valence-corrected chi connectivity index (χ1v) is 16.2. The van der Waals surface area contributed by atoms with Crippen molar-refractivity contribution < 1.29 is 8.83 Å². The van der Waals surface area contributed by atoms with Crippen LogP contribution in [0.1, 0.15) is 0 Å². The van der Waals surface area contributed by atoms with Crippen molar-refractivity contribution in [3.05, 3.63) is 152 Å². The minimum Gasteiger partial charge on any atom is -0.456 e. The van der Waals surface area contributed by atoms with Crippen LogP contribution < -0.4 is 4.90 Å². The lowest BCUT2D eigenvalue weighted by molar-refractivity contribution is 0.663. The van der Waals surface area contributed by atoms with E-state index < -0.39 is 0 Å². The molecule has 3 nitrogen and oxygen atoms in total. The average Bonchev–Trinajstić information content (AvgIpc) is 3.81. The normalized spacial score (nSPS) is 11.9. The van der Waals surface area contributed by atoms with E-state index in [1.54, 1.807) is 0 Å².